The molecule has 158 valence electrons. The predicted molar refractivity (Wildman–Crippen MR) is 123 cm³/mol. The van der Waals surface area contributed by atoms with Crippen LogP contribution in [0.2, 0.25) is 5.04 Å². The highest BCUT2D eigenvalue weighted by molar-refractivity contribution is 6.99. The van der Waals surface area contributed by atoms with Crippen LogP contribution in [0.5, 0.6) is 0 Å². The van der Waals surface area contributed by atoms with E-state index in [0.29, 0.717) is 12.0 Å². The van der Waals surface area contributed by atoms with E-state index in [1.54, 1.807) is 0 Å². The lowest BCUT2D eigenvalue weighted by Gasteiger charge is -2.45. The lowest BCUT2D eigenvalue weighted by atomic mass is 9.88. The molecule has 1 saturated heterocycles. The van der Waals surface area contributed by atoms with Gasteiger partial charge >= 0.3 is 5.97 Å². The van der Waals surface area contributed by atoms with Gasteiger partial charge in [-0.3, -0.25) is 0 Å². The molecule has 2 N–H and O–H groups in total. The van der Waals surface area contributed by atoms with Gasteiger partial charge < -0.3 is 14.8 Å². The van der Waals surface area contributed by atoms with E-state index in [1.807, 2.05) is 19.1 Å². The maximum absolute atomic E-state index is 12.0. The van der Waals surface area contributed by atoms with Gasteiger partial charge in [-0.2, -0.15) is 0 Å². The van der Waals surface area contributed by atoms with Gasteiger partial charge in [-0.15, -0.1) is 0 Å². The molecule has 5 heteroatoms. The molecule has 0 unspecified atom stereocenters. The number of benzene rings is 2. The van der Waals surface area contributed by atoms with Gasteiger partial charge in [0, 0.05) is 18.0 Å². The predicted octanol–water partition coefficient (Wildman–Crippen LogP) is 3.47. The summed E-state index contributed by atoms with van der Waals surface area (Å²) in [7, 11) is -2.70. The molecule has 30 heavy (non-hydrogen) atoms. The summed E-state index contributed by atoms with van der Waals surface area (Å²) in [6.45, 7) is 8.81. The topological polar surface area (TPSA) is 68.5 Å². The van der Waals surface area contributed by atoms with Crippen LogP contribution in [0.15, 0.2) is 71.8 Å². The third-order valence-electron chi connectivity index (χ3n) is 6.57. The van der Waals surface area contributed by atoms with Crippen molar-refractivity contribution in [2.24, 2.45) is 0 Å². The Bertz CT molecular complexity index is 910. The summed E-state index contributed by atoms with van der Waals surface area (Å²) >= 11 is 0. The molecule has 0 bridgehead atoms. The standard InChI is InChI=1S/C25H31NO3Si/c1-5-19-20(24(27)28)16-21(23-22(19)26-23)29-30(25(2,3)4,17-12-8-6-9-13-17)18-14-10-7-11-15-18/h6-15,21-23,26H,5,16H2,1-4H3,(H,27,28)/t21-,22+,23+/m1/s1. The second-order valence-electron chi connectivity index (χ2n) is 9.36. The highest BCUT2D eigenvalue weighted by Gasteiger charge is 2.57. The Hall–Kier alpha value is -2.21. The highest BCUT2D eigenvalue weighted by atomic mass is 28.4. The number of fused-ring (bicyclic) bond motifs is 1. The Morgan fingerprint density at radius 1 is 1.07 bits per heavy atom. The minimum atomic E-state index is -2.70. The Kier molecular flexibility index (Phi) is 5.47. The summed E-state index contributed by atoms with van der Waals surface area (Å²) < 4.78 is 7.22. The molecule has 0 amide bonds. The number of carboxylic acids is 1. The van der Waals surface area contributed by atoms with E-state index in [9.17, 15) is 9.90 Å². The Labute approximate surface area is 180 Å². The first kappa shape index (κ1) is 21.0. The zero-order valence-electron chi connectivity index (χ0n) is 18.2. The summed E-state index contributed by atoms with van der Waals surface area (Å²) in [5.41, 5.74) is 1.57. The van der Waals surface area contributed by atoms with Crippen LogP contribution >= 0.6 is 0 Å². The van der Waals surface area contributed by atoms with Crippen molar-refractivity contribution in [2.45, 2.75) is 63.8 Å². The zero-order valence-corrected chi connectivity index (χ0v) is 19.2. The molecule has 0 radical (unpaired) electrons. The SMILES string of the molecule is CCC1=C(C(=O)O)C[C@@H](O[Si](c2ccccc2)(c2ccccc2)C(C)(C)C)[C@@H]2N[C@@H]12. The van der Waals surface area contributed by atoms with E-state index < -0.39 is 14.3 Å². The summed E-state index contributed by atoms with van der Waals surface area (Å²) in [5, 5.41) is 15.7. The summed E-state index contributed by atoms with van der Waals surface area (Å²) in [6.07, 6.45) is 1.07. The first-order chi connectivity index (χ1) is 14.3. The normalized spacial score (nSPS) is 23.8. The fourth-order valence-corrected chi connectivity index (χ4v) is 9.83. The van der Waals surface area contributed by atoms with Crippen molar-refractivity contribution in [3.05, 3.63) is 71.8 Å². The molecular formula is C25H31NO3Si. The number of hydrogen-bond donors (Lipinski definition) is 2. The minimum Gasteiger partial charge on any atom is -0.478 e. The fourth-order valence-electron chi connectivity index (χ4n) is 5.13. The van der Waals surface area contributed by atoms with Gasteiger partial charge in [0.25, 0.3) is 8.32 Å². The maximum Gasteiger partial charge on any atom is 0.331 e. The van der Waals surface area contributed by atoms with Gasteiger partial charge in [0.05, 0.1) is 12.1 Å². The zero-order chi connectivity index (χ0) is 21.5. The van der Waals surface area contributed by atoms with Crippen molar-refractivity contribution in [3.8, 4) is 0 Å². The quantitative estimate of drug-likeness (QED) is 0.554. The van der Waals surface area contributed by atoms with Gasteiger partial charge in [0.15, 0.2) is 0 Å². The number of nitrogens with one attached hydrogen (secondary N) is 1. The van der Waals surface area contributed by atoms with E-state index in [1.165, 1.54) is 10.4 Å². The molecule has 3 atom stereocenters. The van der Waals surface area contributed by atoms with Crippen molar-refractivity contribution in [2.75, 3.05) is 0 Å². The summed E-state index contributed by atoms with van der Waals surface area (Å²) in [5.74, 6) is -0.810. The van der Waals surface area contributed by atoms with Crippen LogP contribution in [0.1, 0.15) is 40.5 Å². The molecule has 0 aromatic heterocycles. The van der Waals surface area contributed by atoms with Crippen LogP contribution in [0.4, 0.5) is 0 Å². The third kappa shape index (κ3) is 3.45. The molecule has 2 aromatic carbocycles. The minimum absolute atomic E-state index is 0.127. The maximum atomic E-state index is 12.0. The molecule has 2 aromatic rings. The summed E-state index contributed by atoms with van der Waals surface area (Å²) in [4.78, 5) is 12.0. The highest BCUT2D eigenvalue weighted by Crippen LogP contribution is 2.43. The average molecular weight is 422 g/mol. The molecule has 1 heterocycles. The molecule has 0 spiro atoms. The molecule has 2 aliphatic rings. The van der Waals surface area contributed by atoms with Crippen molar-refractivity contribution >= 4 is 24.7 Å². The molecule has 1 aliphatic heterocycles. The Morgan fingerprint density at radius 3 is 2.03 bits per heavy atom. The fraction of sp³-hybridized carbons (Fsp3) is 0.400. The molecular weight excluding hydrogens is 390 g/mol. The van der Waals surface area contributed by atoms with E-state index >= 15 is 0 Å². The van der Waals surface area contributed by atoms with E-state index in [-0.39, 0.29) is 23.2 Å². The monoisotopic (exact) mass is 421 g/mol. The number of carboxylic acid groups (broad SMARTS) is 1. The number of hydrogen-bond acceptors (Lipinski definition) is 3. The van der Waals surface area contributed by atoms with Crippen LogP contribution in [0, 0.1) is 0 Å². The Morgan fingerprint density at radius 2 is 1.60 bits per heavy atom. The van der Waals surface area contributed by atoms with E-state index in [4.69, 9.17) is 4.43 Å². The molecule has 0 saturated carbocycles. The van der Waals surface area contributed by atoms with Crippen LogP contribution in [-0.4, -0.2) is 37.6 Å². The lowest BCUT2D eigenvalue weighted by molar-refractivity contribution is -0.133. The average Bonchev–Trinajstić information content (AvgIpc) is 3.52. The third-order valence-corrected chi connectivity index (χ3v) is 11.6. The van der Waals surface area contributed by atoms with Gasteiger partial charge in [-0.05, 0) is 27.4 Å². The van der Waals surface area contributed by atoms with Crippen LogP contribution in [0.25, 0.3) is 0 Å². The summed E-state index contributed by atoms with van der Waals surface area (Å²) in [6, 6.07) is 21.4. The van der Waals surface area contributed by atoms with Crippen molar-refractivity contribution in [1.82, 2.24) is 5.32 Å². The van der Waals surface area contributed by atoms with Crippen LogP contribution in [0.3, 0.4) is 0 Å². The molecule has 4 nitrogen and oxygen atoms in total. The Balaban J connectivity index is 1.83. The lowest BCUT2D eigenvalue weighted by Crippen LogP contribution is -2.68. The van der Waals surface area contributed by atoms with E-state index in [0.717, 1.165) is 12.0 Å². The van der Waals surface area contributed by atoms with Crippen LogP contribution in [-0.2, 0) is 9.22 Å². The van der Waals surface area contributed by atoms with Gasteiger partial charge in [-0.1, -0.05) is 88.4 Å². The molecule has 4 rings (SSSR count). The van der Waals surface area contributed by atoms with Crippen molar-refractivity contribution in [3.63, 3.8) is 0 Å². The molecule has 1 aliphatic carbocycles. The van der Waals surface area contributed by atoms with Gasteiger partial charge in [0.2, 0.25) is 0 Å². The molecule has 1 fully saturated rings. The van der Waals surface area contributed by atoms with Gasteiger partial charge in [-0.25, -0.2) is 4.79 Å². The van der Waals surface area contributed by atoms with Crippen molar-refractivity contribution < 1.29 is 14.3 Å². The second-order valence-corrected chi connectivity index (χ2v) is 13.6. The van der Waals surface area contributed by atoms with E-state index in [2.05, 4.69) is 74.6 Å². The second kappa shape index (κ2) is 7.80. The van der Waals surface area contributed by atoms with Crippen LogP contribution < -0.4 is 15.7 Å². The largest absolute Gasteiger partial charge is 0.478 e. The van der Waals surface area contributed by atoms with Crippen molar-refractivity contribution in [1.29, 1.82) is 0 Å². The number of aliphatic carboxylic acids is 1. The number of carbonyl (C=O) groups is 1. The van der Waals surface area contributed by atoms with Gasteiger partial charge in [0.1, 0.15) is 0 Å². The smallest absolute Gasteiger partial charge is 0.331 e. The first-order valence-corrected chi connectivity index (χ1v) is 12.7. The number of rotatable bonds is 6. The first-order valence-electron chi connectivity index (χ1n) is 10.8.